The van der Waals surface area contributed by atoms with E-state index in [2.05, 4.69) is 0 Å². The number of phenols is 1. The van der Waals surface area contributed by atoms with Crippen LogP contribution >= 0.6 is 0 Å². The van der Waals surface area contributed by atoms with Gasteiger partial charge in [0.1, 0.15) is 22.8 Å². The standard InChI is InChI=1S/C23H27N3O7/c1-7-10-8(6-24)4-5-9(27)12(10)19(29)14-11(7)18(28)13-15(20(14)30)21(31)16(23(25)33)22(32)17(13)26(2)3/h4-5,7,11,13,15,17-18,27-29,32H,6,24H2,1-3H3,(H2,25,33)/t7-,11?,13?,15?,17-,18-/m0/s1. The number of aromatic hydroxyl groups is 1. The van der Waals surface area contributed by atoms with Gasteiger partial charge in [-0.1, -0.05) is 13.0 Å². The second-order valence-corrected chi connectivity index (χ2v) is 9.12. The van der Waals surface area contributed by atoms with E-state index >= 15 is 0 Å². The molecule has 0 heterocycles. The first-order valence-electron chi connectivity index (χ1n) is 10.6. The number of amides is 1. The van der Waals surface area contributed by atoms with E-state index in [9.17, 15) is 34.8 Å². The molecule has 8 N–H and O–H groups in total. The highest BCUT2D eigenvalue weighted by Crippen LogP contribution is 2.54. The number of primary amides is 1. The summed E-state index contributed by atoms with van der Waals surface area (Å²) in [7, 11) is 3.16. The lowest BCUT2D eigenvalue weighted by atomic mass is 9.55. The van der Waals surface area contributed by atoms with Gasteiger partial charge in [-0.05, 0) is 37.2 Å². The van der Waals surface area contributed by atoms with Crippen LogP contribution in [-0.2, 0) is 20.9 Å². The molecule has 176 valence electrons. The van der Waals surface area contributed by atoms with Crippen molar-refractivity contribution in [3.05, 3.63) is 45.7 Å². The van der Waals surface area contributed by atoms with Crippen LogP contribution in [0.1, 0.15) is 29.5 Å². The summed E-state index contributed by atoms with van der Waals surface area (Å²) in [6.07, 6.45) is -1.35. The molecule has 0 bridgehead atoms. The maximum absolute atomic E-state index is 13.7. The van der Waals surface area contributed by atoms with Gasteiger partial charge in [0.2, 0.25) is 0 Å². The van der Waals surface area contributed by atoms with Gasteiger partial charge in [-0.3, -0.25) is 19.3 Å². The Morgan fingerprint density at radius 3 is 2.30 bits per heavy atom. The van der Waals surface area contributed by atoms with E-state index < -0.39 is 70.4 Å². The highest BCUT2D eigenvalue weighted by Gasteiger charge is 2.60. The van der Waals surface area contributed by atoms with Gasteiger partial charge < -0.3 is 31.9 Å². The summed E-state index contributed by atoms with van der Waals surface area (Å²) in [6, 6.07) is 1.94. The zero-order valence-corrected chi connectivity index (χ0v) is 18.4. The fourth-order valence-electron chi connectivity index (χ4n) is 5.96. The smallest absolute Gasteiger partial charge is 0.255 e. The SMILES string of the molecule is C[C@H]1c2c(CN)ccc(O)c2C(O)=C2C(=O)C3C(=O)C(C(N)=O)=C(O)[C@@H](N(C)C)C3[C@@H](O)C21. The Hall–Kier alpha value is -3.21. The van der Waals surface area contributed by atoms with Crippen molar-refractivity contribution in [2.45, 2.75) is 31.5 Å². The molecule has 1 aromatic carbocycles. The number of likely N-dealkylation sites (N-methyl/N-ethyl adjacent to an activating group) is 1. The number of nitrogens with zero attached hydrogens (tertiary/aromatic N) is 1. The van der Waals surface area contributed by atoms with Crippen LogP contribution < -0.4 is 11.5 Å². The number of ketones is 2. The molecule has 3 aliphatic rings. The summed E-state index contributed by atoms with van der Waals surface area (Å²) >= 11 is 0. The van der Waals surface area contributed by atoms with Crippen molar-refractivity contribution in [1.82, 2.24) is 4.90 Å². The van der Waals surface area contributed by atoms with Crippen LogP contribution in [0.5, 0.6) is 5.75 Å². The topological polar surface area (TPSA) is 187 Å². The Kier molecular flexibility index (Phi) is 5.35. The number of Topliss-reactive ketones (excluding diaryl/α,β-unsaturated/α-hetero) is 2. The van der Waals surface area contributed by atoms with Gasteiger partial charge in [-0.2, -0.15) is 0 Å². The van der Waals surface area contributed by atoms with Crippen LogP contribution in [0.4, 0.5) is 0 Å². The Morgan fingerprint density at radius 2 is 1.76 bits per heavy atom. The van der Waals surface area contributed by atoms with E-state index in [-0.39, 0.29) is 23.4 Å². The Morgan fingerprint density at radius 1 is 1.12 bits per heavy atom. The molecule has 6 atom stereocenters. The first-order valence-corrected chi connectivity index (χ1v) is 10.6. The number of aliphatic hydroxyl groups excluding tert-OH is 3. The number of carbonyl (C=O) groups is 3. The first kappa shape index (κ1) is 23.0. The minimum absolute atomic E-state index is 0.0385. The van der Waals surface area contributed by atoms with Gasteiger partial charge in [0.25, 0.3) is 5.91 Å². The van der Waals surface area contributed by atoms with Gasteiger partial charge >= 0.3 is 0 Å². The predicted molar refractivity (Wildman–Crippen MR) is 117 cm³/mol. The molecule has 1 saturated carbocycles. The number of rotatable bonds is 3. The number of phenolic OH excluding ortho intramolecular Hbond substituents is 1. The fourth-order valence-corrected chi connectivity index (χ4v) is 5.96. The van der Waals surface area contributed by atoms with Gasteiger partial charge in [0.15, 0.2) is 11.6 Å². The zero-order chi connectivity index (χ0) is 24.5. The molecule has 1 aromatic rings. The summed E-state index contributed by atoms with van der Waals surface area (Å²) in [5, 5.41) is 43.9. The van der Waals surface area contributed by atoms with Crippen LogP contribution in [0, 0.1) is 17.8 Å². The number of hydrogen-bond acceptors (Lipinski definition) is 9. The van der Waals surface area contributed by atoms with E-state index in [1.165, 1.54) is 11.0 Å². The minimum Gasteiger partial charge on any atom is -0.510 e. The molecule has 0 saturated heterocycles. The molecule has 0 aliphatic heterocycles. The fraction of sp³-hybridized carbons (Fsp3) is 0.435. The Bertz CT molecular complexity index is 1150. The predicted octanol–water partition coefficient (Wildman–Crippen LogP) is -0.160. The molecule has 4 rings (SSSR count). The van der Waals surface area contributed by atoms with Crippen molar-refractivity contribution in [1.29, 1.82) is 0 Å². The van der Waals surface area contributed by atoms with Crippen LogP contribution in [0.3, 0.4) is 0 Å². The van der Waals surface area contributed by atoms with E-state index in [4.69, 9.17) is 11.5 Å². The van der Waals surface area contributed by atoms with Gasteiger partial charge in [-0.25, -0.2) is 0 Å². The number of fused-ring (bicyclic) bond motifs is 3. The van der Waals surface area contributed by atoms with Crippen LogP contribution in [-0.4, -0.2) is 69.0 Å². The average Bonchev–Trinajstić information content (AvgIpc) is 2.73. The summed E-state index contributed by atoms with van der Waals surface area (Å²) in [4.78, 5) is 40.3. The van der Waals surface area contributed by atoms with Gasteiger partial charge in [0.05, 0.1) is 23.6 Å². The molecule has 33 heavy (non-hydrogen) atoms. The molecule has 10 heteroatoms. The van der Waals surface area contributed by atoms with E-state index in [1.807, 2.05) is 0 Å². The van der Waals surface area contributed by atoms with Crippen molar-refractivity contribution >= 4 is 23.2 Å². The molecular weight excluding hydrogens is 430 g/mol. The number of nitrogens with two attached hydrogens (primary N) is 2. The molecule has 3 aliphatic carbocycles. The van der Waals surface area contributed by atoms with Gasteiger partial charge in [0, 0.05) is 24.0 Å². The van der Waals surface area contributed by atoms with E-state index in [1.54, 1.807) is 27.1 Å². The van der Waals surface area contributed by atoms with Crippen molar-refractivity contribution < 1.29 is 34.8 Å². The quantitative estimate of drug-likeness (QED) is 0.265. The Labute approximate surface area is 189 Å². The van der Waals surface area contributed by atoms with Crippen molar-refractivity contribution in [2.75, 3.05) is 14.1 Å². The lowest BCUT2D eigenvalue weighted by molar-refractivity contribution is -0.143. The van der Waals surface area contributed by atoms with Crippen molar-refractivity contribution in [3.8, 4) is 5.75 Å². The molecular formula is C23H27N3O7. The molecule has 1 fully saturated rings. The van der Waals surface area contributed by atoms with Crippen molar-refractivity contribution in [3.63, 3.8) is 0 Å². The van der Waals surface area contributed by atoms with E-state index in [0.717, 1.165) is 0 Å². The summed E-state index contributed by atoms with van der Waals surface area (Å²) in [6.45, 7) is 1.84. The summed E-state index contributed by atoms with van der Waals surface area (Å²) in [5.41, 5.74) is 11.5. The second kappa shape index (κ2) is 7.68. The number of carbonyl (C=O) groups excluding carboxylic acids is 3. The normalized spacial score (nSPS) is 31.5. The first-order chi connectivity index (χ1) is 15.4. The number of hydrogen-bond donors (Lipinski definition) is 6. The highest BCUT2D eigenvalue weighted by molar-refractivity contribution is 6.28. The molecule has 0 spiro atoms. The lowest BCUT2D eigenvalue weighted by Crippen LogP contribution is -2.61. The number of benzene rings is 1. The third-order valence-corrected chi connectivity index (χ3v) is 7.28. The maximum atomic E-state index is 13.7. The highest BCUT2D eigenvalue weighted by atomic mass is 16.3. The third kappa shape index (κ3) is 2.94. The molecule has 0 radical (unpaired) electrons. The Balaban J connectivity index is 2.00. The molecule has 10 nitrogen and oxygen atoms in total. The minimum atomic E-state index is -1.53. The van der Waals surface area contributed by atoms with Crippen LogP contribution in [0.25, 0.3) is 5.76 Å². The second-order valence-electron chi connectivity index (χ2n) is 9.12. The lowest BCUT2D eigenvalue weighted by Gasteiger charge is -2.50. The third-order valence-electron chi connectivity index (χ3n) is 7.28. The maximum Gasteiger partial charge on any atom is 0.255 e. The van der Waals surface area contributed by atoms with Crippen molar-refractivity contribution in [2.24, 2.45) is 29.2 Å². The zero-order valence-electron chi connectivity index (χ0n) is 18.4. The van der Waals surface area contributed by atoms with Gasteiger partial charge in [-0.15, -0.1) is 0 Å². The molecule has 1 amide bonds. The number of aliphatic hydroxyl groups is 3. The van der Waals surface area contributed by atoms with Crippen LogP contribution in [0.2, 0.25) is 0 Å². The monoisotopic (exact) mass is 457 g/mol. The molecule has 0 aromatic heterocycles. The largest absolute Gasteiger partial charge is 0.510 e. The summed E-state index contributed by atoms with van der Waals surface area (Å²) in [5.74, 6) is -8.45. The van der Waals surface area contributed by atoms with E-state index in [0.29, 0.717) is 11.1 Å². The average molecular weight is 457 g/mol. The summed E-state index contributed by atoms with van der Waals surface area (Å²) < 4.78 is 0. The molecule has 3 unspecified atom stereocenters. The van der Waals surface area contributed by atoms with Crippen LogP contribution in [0.15, 0.2) is 29.0 Å².